The molecule has 0 aliphatic carbocycles. The lowest BCUT2D eigenvalue weighted by Crippen LogP contribution is -2.06. The average Bonchev–Trinajstić information content (AvgIpc) is 3.35. The number of aromatic nitrogens is 1. The number of Topliss-reactive ketones (excluding diaryl/α,β-unsaturated/α-hetero) is 1. The number of rotatable bonds is 4. The van der Waals surface area contributed by atoms with Crippen LogP contribution in [0.1, 0.15) is 42.5 Å². The average molecular weight is 436 g/mol. The molecule has 0 saturated carbocycles. The number of hydrogen-bond donors (Lipinski definition) is 0. The van der Waals surface area contributed by atoms with Gasteiger partial charge in [-0.05, 0) is 36.2 Å². The van der Waals surface area contributed by atoms with Crippen LogP contribution in [0.15, 0.2) is 53.1 Å². The zero-order valence-corrected chi connectivity index (χ0v) is 17.5. The highest BCUT2D eigenvalue weighted by atomic mass is 79.9. The van der Waals surface area contributed by atoms with Crippen LogP contribution in [0.5, 0.6) is 0 Å². The Balaban J connectivity index is 1.76. The van der Waals surface area contributed by atoms with E-state index in [1.165, 1.54) is 5.52 Å². The first-order chi connectivity index (χ1) is 13.7. The number of benzene rings is 2. The molecule has 1 saturated heterocycles. The van der Waals surface area contributed by atoms with Gasteiger partial charge in [0.15, 0.2) is 0 Å². The monoisotopic (exact) mass is 435 g/mol. The van der Waals surface area contributed by atoms with Gasteiger partial charge in [-0.2, -0.15) is 0 Å². The fraction of sp³-hybridized carbons (Fsp3) is 0.292. The molecule has 1 aromatic heterocycles. The van der Waals surface area contributed by atoms with E-state index in [0.717, 1.165) is 46.2 Å². The number of carbonyl (C=O) groups excluding carboxylic acids is 1. The Labute approximate surface area is 173 Å². The SMILES string of the molecule is CCC(=O)Cc1ccccc1C#Cc1cn(C2CCOC2)c2ccc(Br)cc12. The van der Waals surface area contributed by atoms with E-state index in [-0.39, 0.29) is 5.78 Å². The molecule has 2 aromatic carbocycles. The molecule has 1 aliphatic rings. The topological polar surface area (TPSA) is 31.2 Å². The number of halogens is 1. The van der Waals surface area contributed by atoms with E-state index in [2.05, 4.69) is 56.7 Å². The number of fused-ring (bicyclic) bond motifs is 1. The van der Waals surface area contributed by atoms with Crippen LogP contribution in [0.4, 0.5) is 0 Å². The van der Waals surface area contributed by atoms with Gasteiger partial charge in [-0.25, -0.2) is 0 Å². The fourth-order valence-electron chi connectivity index (χ4n) is 3.64. The van der Waals surface area contributed by atoms with Crippen molar-refractivity contribution in [3.8, 4) is 11.8 Å². The predicted molar refractivity (Wildman–Crippen MR) is 116 cm³/mol. The van der Waals surface area contributed by atoms with Gasteiger partial charge in [-0.3, -0.25) is 4.79 Å². The van der Waals surface area contributed by atoms with Crippen molar-refractivity contribution in [3.05, 3.63) is 69.8 Å². The summed E-state index contributed by atoms with van der Waals surface area (Å²) in [6.45, 7) is 3.45. The highest BCUT2D eigenvalue weighted by Gasteiger charge is 2.20. The Morgan fingerprint density at radius 3 is 2.82 bits per heavy atom. The summed E-state index contributed by atoms with van der Waals surface area (Å²) in [7, 11) is 0. The van der Waals surface area contributed by atoms with E-state index in [1.807, 2.05) is 31.2 Å². The minimum Gasteiger partial charge on any atom is -0.379 e. The second kappa shape index (κ2) is 8.34. The normalized spacial score (nSPS) is 16.1. The van der Waals surface area contributed by atoms with Gasteiger partial charge < -0.3 is 9.30 Å². The molecule has 3 nitrogen and oxygen atoms in total. The lowest BCUT2D eigenvalue weighted by molar-refractivity contribution is -0.118. The first kappa shape index (κ1) is 19.0. The summed E-state index contributed by atoms with van der Waals surface area (Å²) < 4.78 is 8.92. The maximum absolute atomic E-state index is 11.9. The Hall–Kier alpha value is -2.35. The highest BCUT2D eigenvalue weighted by Crippen LogP contribution is 2.30. The molecule has 0 N–H and O–H groups in total. The van der Waals surface area contributed by atoms with Crippen LogP contribution < -0.4 is 0 Å². The summed E-state index contributed by atoms with van der Waals surface area (Å²) in [5.41, 5.74) is 4.10. The van der Waals surface area contributed by atoms with Crippen LogP contribution in [0.25, 0.3) is 10.9 Å². The van der Waals surface area contributed by atoms with Crippen molar-refractivity contribution >= 4 is 32.6 Å². The van der Waals surface area contributed by atoms with Gasteiger partial charge in [0.2, 0.25) is 0 Å². The molecule has 2 heterocycles. The van der Waals surface area contributed by atoms with Crippen molar-refractivity contribution in [1.82, 2.24) is 4.57 Å². The molecule has 0 amide bonds. The lowest BCUT2D eigenvalue weighted by Gasteiger charge is -2.11. The molecule has 1 atom stereocenters. The molecule has 1 aliphatic heterocycles. The number of carbonyl (C=O) groups is 1. The van der Waals surface area contributed by atoms with Crippen molar-refractivity contribution in [2.24, 2.45) is 0 Å². The van der Waals surface area contributed by atoms with Gasteiger partial charge in [0, 0.05) is 46.6 Å². The molecule has 4 rings (SSSR count). The Morgan fingerprint density at radius 1 is 1.21 bits per heavy atom. The third-order valence-corrected chi connectivity index (χ3v) is 5.72. The number of hydrogen-bond acceptors (Lipinski definition) is 2. The largest absolute Gasteiger partial charge is 0.379 e. The van der Waals surface area contributed by atoms with Gasteiger partial charge in [0.1, 0.15) is 5.78 Å². The second-order valence-electron chi connectivity index (χ2n) is 7.11. The molecule has 1 fully saturated rings. The maximum atomic E-state index is 11.9. The molecule has 3 aromatic rings. The third-order valence-electron chi connectivity index (χ3n) is 5.23. The van der Waals surface area contributed by atoms with E-state index in [1.54, 1.807) is 0 Å². The predicted octanol–water partition coefficient (Wildman–Crippen LogP) is 5.29. The highest BCUT2D eigenvalue weighted by molar-refractivity contribution is 9.10. The van der Waals surface area contributed by atoms with Crippen molar-refractivity contribution in [2.75, 3.05) is 13.2 Å². The first-order valence-corrected chi connectivity index (χ1v) is 10.4. The van der Waals surface area contributed by atoms with Crippen molar-refractivity contribution < 1.29 is 9.53 Å². The van der Waals surface area contributed by atoms with Crippen LogP contribution >= 0.6 is 15.9 Å². The van der Waals surface area contributed by atoms with E-state index in [9.17, 15) is 4.79 Å². The lowest BCUT2D eigenvalue weighted by atomic mass is 10.0. The molecule has 0 bridgehead atoms. The summed E-state index contributed by atoms with van der Waals surface area (Å²) in [4.78, 5) is 11.9. The zero-order valence-electron chi connectivity index (χ0n) is 15.9. The summed E-state index contributed by atoms with van der Waals surface area (Å²) in [6.07, 6.45) is 4.15. The summed E-state index contributed by atoms with van der Waals surface area (Å²) in [5, 5.41) is 1.14. The maximum Gasteiger partial charge on any atom is 0.137 e. The molecule has 1 unspecified atom stereocenters. The quantitative estimate of drug-likeness (QED) is 0.521. The van der Waals surface area contributed by atoms with Gasteiger partial charge in [-0.15, -0.1) is 0 Å². The molecule has 4 heteroatoms. The minimum atomic E-state index is 0.232. The Bertz CT molecular complexity index is 1080. The van der Waals surface area contributed by atoms with Crippen molar-refractivity contribution in [2.45, 2.75) is 32.2 Å². The summed E-state index contributed by atoms with van der Waals surface area (Å²) in [5.74, 6) is 6.91. The molecule has 0 spiro atoms. The van der Waals surface area contributed by atoms with Crippen LogP contribution in [-0.2, 0) is 16.0 Å². The summed E-state index contributed by atoms with van der Waals surface area (Å²) in [6, 6.07) is 14.6. The van der Waals surface area contributed by atoms with Gasteiger partial charge in [-0.1, -0.05) is 52.9 Å². The molecule has 142 valence electrons. The van der Waals surface area contributed by atoms with E-state index in [4.69, 9.17) is 4.74 Å². The van der Waals surface area contributed by atoms with Crippen LogP contribution in [-0.4, -0.2) is 23.6 Å². The third kappa shape index (κ3) is 3.92. The first-order valence-electron chi connectivity index (χ1n) is 9.65. The van der Waals surface area contributed by atoms with Crippen LogP contribution in [0, 0.1) is 11.8 Å². The summed E-state index contributed by atoms with van der Waals surface area (Å²) >= 11 is 3.58. The van der Waals surface area contributed by atoms with E-state index >= 15 is 0 Å². The second-order valence-corrected chi connectivity index (χ2v) is 8.02. The number of nitrogens with zero attached hydrogens (tertiary/aromatic N) is 1. The van der Waals surface area contributed by atoms with Gasteiger partial charge >= 0.3 is 0 Å². The molecular formula is C24H22BrNO2. The fourth-order valence-corrected chi connectivity index (χ4v) is 4.00. The van der Waals surface area contributed by atoms with Gasteiger partial charge in [0.25, 0.3) is 0 Å². The van der Waals surface area contributed by atoms with Crippen molar-refractivity contribution in [1.29, 1.82) is 0 Å². The molecule has 28 heavy (non-hydrogen) atoms. The molecular weight excluding hydrogens is 414 g/mol. The smallest absolute Gasteiger partial charge is 0.137 e. The Kier molecular flexibility index (Phi) is 5.66. The van der Waals surface area contributed by atoms with Crippen LogP contribution in [0.3, 0.4) is 0 Å². The standard InChI is InChI=1S/C24H22BrNO2/c1-2-22(27)13-18-6-4-3-5-17(18)7-8-19-15-26(21-11-12-28-16-21)24-10-9-20(25)14-23(19)24/h3-6,9-10,14-15,21H,2,11-13,16H2,1H3. The van der Waals surface area contributed by atoms with E-state index in [0.29, 0.717) is 18.9 Å². The Morgan fingerprint density at radius 2 is 2.04 bits per heavy atom. The minimum absolute atomic E-state index is 0.232. The number of ketones is 1. The zero-order chi connectivity index (χ0) is 19.5. The van der Waals surface area contributed by atoms with Crippen molar-refractivity contribution in [3.63, 3.8) is 0 Å². The van der Waals surface area contributed by atoms with E-state index < -0.39 is 0 Å². The van der Waals surface area contributed by atoms with Crippen LogP contribution in [0.2, 0.25) is 0 Å². The number of ether oxygens (including phenoxy) is 1. The van der Waals surface area contributed by atoms with Gasteiger partial charge in [0.05, 0.1) is 18.2 Å². The molecule has 0 radical (unpaired) electrons.